The van der Waals surface area contributed by atoms with Crippen molar-refractivity contribution >= 4 is 35.4 Å². The third-order valence-corrected chi connectivity index (χ3v) is 10.7. The van der Waals surface area contributed by atoms with E-state index in [0.717, 1.165) is 44.9 Å². The standard InChI is InChI=1S/C35H48N4O7/c1-19(2)30(28(40)22-13-9-6-10-14-22)46-34(45)38-26(21-11-7-5-8-12-21)33(44)39-18-23-25(35(23,3)4)27(39)32(43)37-24(17-20-15-16-20)29(41)31(36)42/h6,9-10,13-14,19-21,23-27,30H,5,7-8,11-12,15-18H2,1-4H3,(H2,36,42)(H,37,43)(H,38,45)/t23-,24?,25-,26-,27-,30-/m0/s1. The fraction of sp³-hybridized carbons (Fsp3) is 0.657. The monoisotopic (exact) mass is 636 g/mol. The summed E-state index contributed by atoms with van der Waals surface area (Å²) in [6.07, 6.45) is 4.59. The second kappa shape index (κ2) is 13.5. The van der Waals surface area contributed by atoms with Gasteiger partial charge in [0.1, 0.15) is 12.1 Å². The number of alkyl carbamates (subject to hydrolysis) is 1. The molecule has 4 amide bonds. The Morgan fingerprint density at radius 3 is 2.20 bits per heavy atom. The quantitative estimate of drug-likeness (QED) is 0.221. The van der Waals surface area contributed by atoms with Gasteiger partial charge in [-0.05, 0) is 54.3 Å². The number of carbonyl (C=O) groups excluding carboxylic acids is 6. The van der Waals surface area contributed by atoms with Gasteiger partial charge in [0.25, 0.3) is 5.91 Å². The number of nitrogens with two attached hydrogens (primary N) is 1. The summed E-state index contributed by atoms with van der Waals surface area (Å²) >= 11 is 0. The van der Waals surface area contributed by atoms with Crippen LogP contribution in [-0.2, 0) is 23.9 Å². The number of primary amides is 1. The van der Waals surface area contributed by atoms with Crippen molar-refractivity contribution in [3.63, 3.8) is 0 Å². The molecule has 11 heteroatoms. The zero-order valence-corrected chi connectivity index (χ0v) is 27.3. The van der Waals surface area contributed by atoms with Crippen molar-refractivity contribution < 1.29 is 33.5 Å². The number of nitrogens with one attached hydrogen (secondary N) is 2. The van der Waals surface area contributed by atoms with Crippen LogP contribution >= 0.6 is 0 Å². The number of ketones is 2. The first-order valence-electron chi connectivity index (χ1n) is 16.8. The molecule has 1 heterocycles. The predicted octanol–water partition coefficient (Wildman–Crippen LogP) is 3.39. The van der Waals surface area contributed by atoms with E-state index < -0.39 is 47.9 Å². The number of Topliss-reactive ketones (excluding diaryl/α,β-unsaturated/α-hetero) is 2. The van der Waals surface area contributed by atoms with Gasteiger partial charge in [-0.15, -0.1) is 0 Å². The molecule has 5 rings (SSSR count). The number of rotatable bonds is 13. The van der Waals surface area contributed by atoms with Crippen LogP contribution < -0.4 is 16.4 Å². The summed E-state index contributed by atoms with van der Waals surface area (Å²) in [5.41, 5.74) is 5.55. The van der Waals surface area contributed by atoms with E-state index in [1.54, 1.807) is 49.1 Å². The van der Waals surface area contributed by atoms with E-state index in [4.69, 9.17) is 10.5 Å². The molecule has 6 atom stereocenters. The molecule has 250 valence electrons. The highest BCUT2D eigenvalue weighted by Gasteiger charge is 2.69. The first kappa shape index (κ1) is 33.6. The van der Waals surface area contributed by atoms with Crippen LogP contribution in [0.1, 0.15) is 89.4 Å². The van der Waals surface area contributed by atoms with Crippen molar-refractivity contribution in [1.82, 2.24) is 15.5 Å². The molecule has 1 aromatic carbocycles. The molecular weight excluding hydrogens is 588 g/mol. The number of benzene rings is 1. The maximum absolute atomic E-state index is 14.4. The minimum Gasteiger partial charge on any atom is -0.438 e. The summed E-state index contributed by atoms with van der Waals surface area (Å²) < 4.78 is 5.71. The molecule has 4 fully saturated rings. The molecule has 4 aliphatic rings. The van der Waals surface area contributed by atoms with Crippen LogP contribution in [0.3, 0.4) is 0 Å². The lowest BCUT2D eigenvalue weighted by Crippen LogP contribution is -2.59. The predicted molar refractivity (Wildman–Crippen MR) is 169 cm³/mol. The highest BCUT2D eigenvalue weighted by Crippen LogP contribution is 2.65. The third kappa shape index (κ3) is 7.13. The van der Waals surface area contributed by atoms with Crippen molar-refractivity contribution in [1.29, 1.82) is 0 Å². The van der Waals surface area contributed by atoms with E-state index in [9.17, 15) is 28.8 Å². The van der Waals surface area contributed by atoms with Crippen molar-refractivity contribution in [3.05, 3.63) is 35.9 Å². The normalized spacial score (nSPS) is 25.5. The van der Waals surface area contributed by atoms with Gasteiger partial charge in [0.15, 0.2) is 6.10 Å². The van der Waals surface area contributed by atoms with Gasteiger partial charge in [-0.3, -0.25) is 24.0 Å². The van der Waals surface area contributed by atoms with E-state index >= 15 is 0 Å². The number of hydrogen-bond acceptors (Lipinski definition) is 7. The molecule has 11 nitrogen and oxygen atoms in total. The van der Waals surface area contributed by atoms with Crippen LogP contribution in [0.5, 0.6) is 0 Å². The highest BCUT2D eigenvalue weighted by molar-refractivity contribution is 6.37. The summed E-state index contributed by atoms with van der Waals surface area (Å²) in [7, 11) is 0. The second-order valence-corrected chi connectivity index (χ2v) is 14.7. The van der Waals surface area contributed by atoms with Crippen LogP contribution in [0.2, 0.25) is 0 Å². The van der Waals surface area contributed by atoms with Crippen LogP contribution in [0.25, 0.3) is 0 Å². The molecular formula is C35H48N4O7. The zero-order valence-electron chi connectivity index (χ0n) is 27.3. The van der Waals surface area contributed by atoms with E-state index in [-0.39, 0.29) is 46.7 Å². The number of piperidine rings is 1. The van der Waals surface area contributed by atoms with Crippen LogP contribution in [-0.4, -0.2) is 71.1 Å². The van der Waals surface area contributed by atoms with Gasteiger partial charge in [-0.1, -0.05) is 90.1 Å². The number of nitrogens with zero attached hydrogens (tertiary/aromatic N) is 1. The largest absolute Gasteiger partial charge is 0.438 e. The van der Waals surface area contributed by atoms with Gasteiger partial charge in [-0.2, -0.15) is 0 Å². The zero-order chi connectivity index (χ0) is 33.3. The summed E-state index contributed by atoms with van der Waals surface area (Å²) in [5, 5.41) is 5.61. The number of fused-ring (bicyclic) bond motifs is 1. The highest BCUT2D eigenvalue weighted by atomic mass is 16.6. The molecule has 4 N–H and O–H groups in total. The van der Waals surface area contributed by atoms with Gasteiger partial charge < -0.3 is 26.0 Å². The van der Waals surface area contributed by atoms with E-state index in [1.165, 1.54) is 0 Å². The average Bonchev–Trinajstić information content (AvgIpc) is 3.89. The summed E-state index contributed by atoms with van der Waals surface area (Å²) in [4.78, 5) is 81.0. The smallest absolute Gasteiger partial charge is 0.408 e. The van der Waals surface area contributed by atoms with Gasteiger partial charge in [-0.25, -0.2) is 4.79 Å². The lowest BCUT2D eigenvalue weighted by molar-refractivity contribution is -0.144. The van der Waals surface area contributed by atoms with Crippen molar-refractivity contribution in [3.8, 4) is 0 Å². The fourth-order valence-electron chi connectivity index (χ4n) is 7.72. The Hall–Kier alpha value is -3.76. The minimum atomic E-state index is -1.10. The second-order valence-electron chi connectivity index (χ2n) is 14.7. The lowest BCUT2D eigenvalue weighted by atomic mass is 9.83. The SMILES string of the molecule is CC(C)[C@H](OC(=O)N[C@H](C(=O)N1C[C@H]2[C@@H]([C@H]1C(=O)NC(CC1CC1)C(=O)C(N)=O)C2(C)C)C1CCCCC1)C(=O)c1ccccc1. The average molecular weight is 637 g/mol. The Balaban J connectivity index is 1.35. The van der Waals surface area contributed by atoms with E-state index in [2.05, 4.69) is 24.5 Å². The van der Waals surface area contributed by atoms with Gasteiger partial charge in [0, 0.05) is 12.1 Å². The Bertz CT molecular complexity index is 1350. The Kier molecular flexibility index (Phi) is 9.89. The fourth-order valence-corrected chi connectivity index (χ4v) is 7.72. The Morgan fingerprint density at radius 2 is 1.61 bits per heavy atom. The molecule has 0 radical (unpaired) electrons. The minimum absolute atomic E-state index is 0.0775. The Morgan fingerprint density at radius 1 is 0.957 bits per heavy atom. The molecule has 46 heavy (non-hydrogen) atoms. The van der Waals surface area contributed by atoms with Crippen LogP contribution in [0, 0.1) is 35.0 Å². The van der Waals surface area contributed by atoms with E-state index in [1.807, 2.05) is 0 Å². The molecule has 0 spiro atoms. The topological polar surface area (TPSA) is 165 Å². The summed E-state index contributed by atoms with van der Waals surface area (Å²) in [6.45, 7) is 8.05. The number of amides is 4. The van der Waals surface area contributed by atoms with Crippen molar-refractivity contribution in [2.24, 2.45) is 40.7 Å². The van der Waals surface area contributed by atoms with Gasteiger partial charge >= 0.3 is 6.09 Å². The number of hydrogen-bond donors (Lipinski definition) is 3. The first-order chi connectivity index (χ1) is 21.8. The number of ether oxygens (including phenoxy) is 1. The number of carbonyl (C=O) groups is 6. The third-order valence-electron chi connectivity index (χ3n) is 10.7. The molecule has 3 saturated carbocycles. The van der Waals surface area contributed by atoms with Crippen LogP contribution in [0.4, 0.5) is 4.79 Å². The summed E-state index contributed by atoms with van der Waals surface area (Å²) in [6, 6.07) is 5.79. The molecule has 3 aliphatic carbocycles. The molecule has 1 unspecified atom stereocenters. The first-order valence-corrected chi connectivity index (χ1v) is 16.8. The van der Waals surface area contributed by atoms with Crippen molar-refractivity contribution in [2.45, 2.75) is 103 Å². The van der Waals surface area contributed by atoms with Crippen molar-refractivity contribution in [2.75, 3.05) is 6.54 Å². The van der Waals surface area contributed by atoms with Gasteiger partial charge in [0.2, 0.25) is 23.4 Å². The van der Waals surface area contributed by atoms with E-state index in [0.29, 0.717) is 18.5 Å². The molecule has 0 aromatic heterocycles. The summed E-state index contributed by atoms with van der Waals surface area (Å²) in [5.74, 6) is -3.39. The lowest BCUT2D eigenvalue weighted by Gasteiger charge is -2.37. The molecule has 1 saturated heterocycles. The van der Waals surface area contributed by atoms with Gasteiger partial charge in [0.05, 0.1) is 6.04 Å². The number of likely N-dealkylation sites (tertiary alicyclic amines) is 1. The van der Waals surface area contributed by atoms with Crippen LogP contribution in [0.15, 0.2) is 30.3 Å². The molecule has 1 aromatic rings. The maximum atomic E-state index is 14.4. The maximum Gasteiger partial charge on any atom is 0.408 e. The molecule has 1 aliphatic heterocycles. The molecule has 0 bridgehead atoms. The Labute approximate surface area is 270 Å².